The number of allylic oxidation sites excluding steroid dienone is 1. The molecule has 4 aliphatic carbocycles. The Hall–Kier alpha value is -0.340. The molecule has 0 saturated heterocycles. The fraction of sp³-hybridized carbons (Fsp3) is 0.900. The van der Waals surface area contributed by atoms with Crippen LogP contribution in [0.5, 0.6) is 0 Å². The molecule has 0 radical (unpaired) electrons. The van der Waals surface area contributed by atoms with Gasteiger partial charge in [-0.2, -0.15) is 0 Å². The van der Waals surface area contributed by atoms with Crippen LogP contribution in [0.1, 0.15) is 72.1 Å². The van der Waals surface area contributed by atoms with Crippen molar-refractivity contribution in [1.82, 2.24) is 0 Å². The third-order valence-electron chi connectivity index (χ3n) is 8.89. The standard InChI is InChI=1S/C20H32O2/c1-17-11-7-16-14(15(17)8-12-19(17,3)21)6-13-20(22)10-5-4-9-18(16,20)2/h5,10,14-16,21-22H,4,6-9,11-13H2,1-3H3/t14-,15-,16-,17-,18+,19-,20+/m0/s1. The molecule has 124 valence electrons. The Kier molecular flexibility index (Phi) is 3.03. The van der Waals surface area contributed by atoms with Crippen LogP contribution >= 0.6 is 0 Å². The number of hydrogen-bond acceptors (Lipinski definition) is 2. The molecule has 0 heterocycles. The Labute approximate surface area is 135 Å². The van der Waals surface area contributed by atoms with Gasteiger partial charge < -0.3 is 10.2 Å². The summed E-state index contributed by atoms with van der Waals surface area (Å²) in [4.78, 5) is 0. The molecule has 0 aromatic rings. The minimum absolute atomic E-state index is 0.0421. The van der Waals surface area contributed by atoms with Gasteiger partial charge in [-0.3, -0.25) is 0 Å². The Morgan fingerprint density at radius 3 is 2.27 bits per heavy atom. The van der Waals surface area contributed by atoms with Crippen LogP contribution in [0.2, 0.25) is 0 Å². The molecule has 0 unspecified atom stereocenters. The minimum Gasteiger partial charge on any atom is -0.390 e. The zero-order valence-corrected chi connectivity index (χ0v) is 14.4. The maximum absolute atomic E-state index is 11.3. The maximum atomic E-state index is 11.3. The highest BCUT2D eigenvalue weighted by Gasteiger charge is 2.65. The minimum atomic E-state index is -0.582. The summed E-state index contributed by atoms with van der Waals surface area (Å²) in [5.41, 5.74) is -0.948. The van der Waals surface area contributed by atoms with Crippen molar-refractivity contribution in [2.75, 3.05) is 0 Å². The summed E-state index contributed by atoms with van der Waals surface area (Å²) in [6.45, 7) is 6.76. The van der Waals surface area contributed by atoms with E-state index >= 15 is 0 Å². The molecule has 2 nitrogen and oxygen atoms in total. The molecule has 0 aromatic heterocycles. The van der Waals surface area contributed by atoms with E-state index < -0.39 is 11.2 Å². The Bertz CT molecular complexity index is 510. The second kappa shape index (κ2) is 4.39. The van der Waals surface area contributed by atoms with E-state index in [4.69, 9.17) is 0 Å². The van der Waals surface area contributed by atoms with Crippen LogP contribution in [-0.4, -0.2) is 21.4 Å². The number of aliphatic hydroxyl groups is 2. The van der Waals surface area contributed by atoms with Gasteiger partial charge >= 0.3 is 0 Å². The van der Waals surface area contributed by atoms with Gasteiger partial charge in [0, 0.05) is 5.41 Å². The van der Waals surface area contributed by atoms with Crippen molar-refractivity contribution in [3.63, 3.8) is 0 Å². The van der Waals surface area contributed by atoms with E-state index in [1.54, 1.807) is 0 Å². The van der Waals surface area contributed by atoms with Crippen LogP contribution in [0.25, 0.3) is 0 Å². The van der Waals surface area contributed by atoms with Crippen LogP contribution in [0.15, 0.2) is 12.2 Å². The Morgan fingerprint density at radius 2 is 1.50 bits per heavy atom. The fourth-order valence-electron chi connectivity index (χ4n) is 7.05. The van der Waals surface area contributed by atoms with Crippen LogP contribution in [0.4, 0.5) is 0 Å². The molecule has 22 heavy (non-hydrogen) atoms. The predicted molar refractivity (Wildman–Crippen MR) is 88.3 cm³/mol. The van der Waals surface area contributed by atoms with Gasteiger partial charge in [0.15, 0.2) is 0 Å². The fourth-order valence-corrected chi connectivity index (χ4v) is 7.05. The second-order valence-electron chi connectivity index (χ2n) is 9.47. The molecular weight excluding hydrogens is 272 g/mol. The lowest BCUT2D eigenvalue weighted by Crippen LogP contribution is -2.61. The predicted octanol–water partition coefficient (Wildman–Crippen LogP) is 4.06. The number of fused-ring (bicyclic) bond motifs is 5. The van der Waals surface area contributed by atoms with E-state index in [0.29, 0.717) is 17.8 Å². The molecule has 0 aliphatic heterocycles. The molecule has 0 aromatic carbocycles. The van der Waals surface area contributed by atoms with Gasteiger partial charge in [0.25, 0.3) is 0 Å². The SMILES string of the molecule is C[C@]1(O)CC[C@H]2[C@@H]3CC[C@]4(O)C=CCC[C@]4(C)[C@H]3CC[C@@]21C. The van der Waals surface area contributed by atoms with Crippen molar-refractivity contribution in [1.29, 1.82) is 0 Å². The lowest BCUT2D eigenvalue weighted by atomic mass is 9.44. The van der Waals surface area contributed by atoms with Gasteiger partial charge in [-0.25, -0.2) is 0 Å². The van der Waals surface area contributed by atoms with Crippen molar-refractivity contribution in [2.24, 2.45) is 28.6 Å². The largest absolute Gasteiger partial charge is 0.390 e. The highest BCUT2D eigenvalue weighted by molar-refractivity contribution is 5.21. The van der Waals surface area contributed by atoms with E-state index in [1.165, 1.54) is 12.8 Å². The summed E-state index contributed by atoms with van der Waals surface area (Å²) in [5, 5.41) is 22.2. The van der Waals surface area contributed by atoms with Gasteiger partial charge in [0.1, 0.15) is 0 Å². The molecule has 3 fully saturated rings. The zero-order chi connectivity index (χ0) is 15.8. The summed E-state index contributed by atoms with van der Waals surface area (Å²) in [7, 11) is 0. The number of rotatable bonds is 0. The lowest BCUT2D eigenvalue weighted by molar-refractivity contribution is -0.183. The average molecular weight is 304 g/mol. The van der Waals surface area contributed by atoms with Crippen LogP contribution in [-0.2, 0) is 0 Å². The van der Waals surface area contributed by atoms with Crippen LogP contribution < -0.4 is 0 Å². The highest BCUT2D eigenvalue weighted by Crippen LogP contribution is 2.68. The van der Waals surface area contributed by atoms with E-state index in [-0.39, 0.29) is 10.8 Å². The van der Waals surface area contributed by atoms with Gasteiger partial charge in [-0.05, 0) is 81.5 Å². The highest BCUT2D eigenvalue weighted by atomic mass is 16.3. The topological polar surface area (TPSA) is 40.5 Å². The van der Waals surface area contributed by atoms with Crippen LogP contribution in [0.3, 0.4) is 0 Å². The van der Waals surface area contributed by atoms with Gasteiger partial charge in [-0.1, -0.05) is 26.0 Å². The van der Waals surface area contributed by atoms with Crippen LogP contribution in [0, 0.1) is 28.6 Å². The molecule has 0 spiro atoms. The smallest absolute Gasteiger partial charge is 0.0883 e. The molecule has 4 aliphatic rings. The first-order valence-electron chi connectivity index (χ1n) is 9.36. The lowest BCUT2D eigenvalue weighted by Gasteiger charge is -2.62. The average Bonchev–Trinajstić information content (AvgIpc) is 2.70. The van der Waals surface area contributed by atoms with E-state index in [1.807, 2.05) is 0 Å². The normalized spacial score (nSPS) is 60.5. The molecule has 3 saturated carbocycles. The Morgan fingerprint density at radius 1 is 0.818 bits per heavy atom. The van der Waals surface area contributed by atoms with E-state index in [0.717, 1.165) is 38.5 Å². The quantitative estimate of drug-likeness (QED) is 0.663. The van der Waals surface area contributed by atoms with Gasteiger partial charge in [-0.15, -0.1) is 0 Å². The molecule has 7 atom stereocenters. The zero-order valence-electron chi connectivity index (χ0n) is 14.4. The summed E-state index contributed by atoms with van der Waals surface area (Å²) in [6.07, 6.45) is 13.0. The molecular formula is C20H32O2. The van der Waals surface area contributed by atoms with Crippen molar-refractivity contribution >= 4 is 0 Å². The monoisotopic (exact) mass is 304 g/mol. The maximum Gasteiger partial charge on any atom is 0.0883 e. The molecule has 2 heteroatoms. The molecule has 4 rings (SSSR count). The van der Waals surface area contributed by atoms with Gasteiger partial charge in [0.2, 0.25) is 0 Å². The summed E-state index contributed by atoms with van der Waals surface area (Å²) >= 11 is 0. The summed E-state index contributed by atoms with van der Waals surface area (Å²) in [6, 6.07) is 0. The van der Waals surface area contributed by atoms with Crippen molar-refractivity contribution in [2.45, 2.75) is 83.3 Å². The first-order chi connectivity index (χ1) is 10.2. The molecule has 2 N–H and O–H groups in total. The molecule has 0 amide bonds. The second-order valence-corrected chi connectivity index (χ2v) is 9.47. The van der Waals surface area contributed by atoms with Crippen molar-refractivity contribution in [3.8, 4) is 0 Å². The summed E-state index contributed by atoms with van der Waals surface area (Å²) < 4.78 is 0. The first kappa shape index (κ1) is 15.2. The third-order valence-corrected chi connectivity index (χ3v) is 8.89. The number of hydrogen-bond donors (Lipinski definition) is 2. The van der Waals surface area contributed by atoms with Gasteiger partial charge in [0.05, 0.1) is 11.2 Å². The van der Waals surface area contributed by atoms with Crippen molar-refractivity contribution < 1.29 is 10.2 Å². The first-order valence-corrected chi connectivity index (χ1v) is 9.36. The Balaban J connectivity index is 1.71. The van der Waals surface area contributed by atoms with E-state index in [2.05, 4.69) is 32.9 Å². The van der Waals surface area contributed by atoms with E-state index in [9.17, 15) is 10.2 Å². The van der Waals surface area contributed by atoms with Crippen molar-refractivity contribution in [3.05, 3.63) is 12.2 Å². The third kappa shape index (κ3) is 1.64. The molecule has 0 bridgehead atoms. The summed E-state index contributed by atoms with van der Waals surface area (Å²) in [5.74, 6) is 1.97.